The lowest BCUT2D eigenvalue weighted by Gasteiger charge is -2.28. The summed E-state index contributed by atoms with van der Waals surface area (Å²) in [6.07, 6.45) is 4.63. The average molecular weight is 284 g/mol. The zero-order chi connectivity index (χ0) is 13.9. The van der Waals surface area contributed by atoms with Gasteiger partial charge in [0.2, 0.25) is 5.91 Å². The molecule has 0 bridgehead atoms. The molecule has 19 heavy (non-hydrogen) atoms. The molecule has 1 aliphatic heterocycles. The van der Waals surface area contributed by atoms with Crippen LogP contribution in [0.4, 0.5) is 0 Å². The number of amides is 1. The van der Waals surface area contributed by atoms with Gasteiger partial charge in [-0.05, 0) is 62.6 Å². The molecule has 3 nitrogen and oxygen atoms in total. The number of carbonyl (C=O) groups is 1. The lowest BCUT2D eigenvalue weighted by atomic mass is 9.91. The molecular weight excluding hydrogens is 256 g/mol. The second kappa shape index (κ2) is 6.49. The Morgan fingerprint density at radius 1 is 1.47 bits per heavy atom. The van der Waals surface area contributed by atoms with Gasteiger partial charge in [-0.25, -0.2) is 0 Å². The molecule has 1 spiro atoms. The van der Waals surface area contributed by atoms with Crippen molar-refractivity contribution in [1.82, 2.24) is 10.2 Å². The Bertz CT molecular complexity index is 315. The monoisotopic (exact) mass is 284 g/mol. The maximum absolute atomic E-state index is 12.6. The van der Waals surface area contributed by atoms with Crippen molar-refractivity contribution in [2.24, 2.45) is 11.3 Å². The van der Waals surface area contributed by atoms with Gasteiger partial charge in [-0.2, -0.15) is 11.8 Å². The van der Waals surface area contributed by atoms with Crippen molar-refractivity contribution in [3.05, 3.63) is 0 Å². The Hall–Kier alpha value is -0.220. The molecule has 2 unspecified atom stereocenters. The number of nitrogens with zero attached hydrogens (tertiary/aromatic N) is 1. The molecule has 0 radical (unpaired) electrons. The van der Waals surface area contributed by atoms with Crippen LogP contribution in [0.5, 0.6) is 0 Å². The van der Waals surface area contributed by atoms with E-state index in [1.165, 1.54) is 18.6 Å². The van der Waals surface area contributed by atoms with Crippen molar-refractivity contribution < 1.29 is 4.79 Å². The lowest BCUT2D eigenvalue weighted by molar-refractivity contribution is -0.134. The molecule has 0 aromatic heterocycles. The van der Waals surface area contributed by atoms with Crippen LogP contribution in [0.25, 0.3) is 0 Å². The molecule has 4 heteroatoms. The maximum Gasteiger partial charge on any atom is 0.226 e. The highest BCUT2D eigenvalue weighted by Gasteiger charge is 2.58. The first-order chi connectivity index (χ1) is 9.10. The summed E-state index contributed by atoms with van der Waals surface area (Å²) >= 11 is 1.96. The van der Waals surface area contributed by atoms with Gasteiger partial charge in [0.05, 0.1) is 0 Å². The number of nitrogens with one attached hydrogen (secondary N) is 1. The van der Waals surface area contributed by atoms with Crippen LogP contribution in [0.15, 0.2) is 0 Å². The molecule has 110 valence electrons. The van der Waals surface area contributed by atoms with Crippen molar-refractivity contribution in [2.75, 3.05) is 31.6 Å². The molecular formula is C15H28N2OS. The van der Waals surface area contributed by atoms with Gasteiger partial charge < -0.3 is 10.2 Å². The van der Waals surface area contributed by atoms with Crippen LogP contribution in [-0.4, -0.2) is 48.5 Å². The van der Waals surface area contributed by atoms with Crippen LogP contribution in [0.2, 0.25) is 0 Å². The molecule has 2 atom stereocenters. The molecule has 2 fully saturated rings. The summed E-state index contributed by atoms with van der Waals surface area (Å²) in [6.45, 7) is 6.56. The number of rotatable bonds is 6. The quantitative estimate of drug-likeness (QED) is 0.760. The van der Waals surface area contributed by atoms with Crippen LogP contribution in [0.1, 0.15) is 39.5 Å². The second-order valence-electron chi connectivity index (χ2n) is 6.15. The standard InChI is InChI=1S/C15H28N2OS/c1-4-19-10-5-12(2)17(3)14(18)13-11-15(13)6-8-16-9-7-15/h12-13,16H,4-11H2,1-3H3. The largest absolute Gasteiger partial charge is 0.343 e. The lowest BCUT2D eigenvalue weighted by Crippen LogP contribution is -2.39. The van der Waals surface area contributed by atoms with E-state index < -0.39 is 0 Å². The number of hydrogen-bond acceptors (Lipinski definition) is 3. The predicted octanol–water partition coefficient (Wildman–Crippen LogP) is 2.37. The normalized spacial score (nSPS) is 26.2. The third-order valence-corrected chi connectivity index (χ3v) is 5.91. The van der Waals surface area contributed by atoms with Crippen LogP contribution in [0.3, 0.4) is 0 Å². The smallest absolute Gasteiger partial charge is 0.226 e. The minimum atomic E-state index is 0.320. The molecule has 2 rings (SSSR count). The fraction of sp³-hybridized carbons (Fsp3) is 0.933. The Kier molecular flexibility index (Phi) is 5.18. The molecule has 0 aromatic rings. The summed E-state index contributed by atoms with van der Waals surface area (Å²) in [5.74, 6) is 3.05. The topological polar surface area (TPSA) is 32.3 Å². The molecule has 1 N–H and O–H groups in total. The molecule has 1 amide bonds. The average Bonchev–Trinajstić information content (AvgIpc) is 3.11. The zero-order valence-electron chi connectivity index (χ0n) is 12.6. The van der Waals surface area contributed by atoms with Gasteiger partial charge in [0.1, 0.15) is 0 Å². The van der Waals surface area contributed by atoms with E-state index in [1.807, 2.05) is 23.7 Å². The number of piperidine rings is 1. The Morgan fingerprint density at radius 2 is 2.16 bits per heavy atom. The van der Waals surface area contributed by atoms with Crippen molar-refractivity contribution >= 4 is 17.7 Å². The first-order valence-electron chi connectivity index (χ1n) is 7.66. The Morgan fingerprint density at radius 3 is 2.79 bits per heavy atom. The highest BCUT2D eigenvalue weighted by molar-refractivity contribution is 7.99. The van der Waals surface area contributed by atoms with E-state index in [9.17, 15) is 4.79 Å². The fourth-order valence-electron chi connectivity index (χ4n) is 3.23. The van der Waals surface area contributed by atoms with E-state index in [2.05, 4.69) is 19.2 Å². The van der Waals surface area contributed by atoms with Crippen molar-refractivity contribution in [1.29, 1.82) is 0 Å². The minimum absolute atomic E-state index is 0.320. The van der Waals surface area contributed by atoms with Gasteiger partial charge in [-0.1, -0.05) is 6.92 Å². The van der Waals surface area contributed by atoms with Gasteiger partial charge in [0, 0.05) is 19.0 Å². The van der Waals surface area contributed by atoms with E-state index in [4.69, 9.17) is 0 Å². The van der Waals surface area contributed by atoms with Crippen LogP contribution in [0, 0.1) is 11.3 Å². The fourth-order valence-corrected chi connectivity index (χ4v) is 4.03. The highest BCUT2D eigenvalue weighted by atomic mass is 32.2. The van der Waals surface area contributed by atoms with E-state index in [0.717, 1.165) is 31.7 Å². The molecule has 1 aliphatic carbocycles. The zero-order valence-corrected chi connectivity index (χ0v) is 13.4. The number of carbonyl (C=O) groups excluding carboxylic acids is 1. The van der Waals surface area contributed by atoms with Gasteiger partial charge in [0.25, 0.3) is 0 Å². The summed E-state index contributed by atoms with van der Waals surface area (Å²) in [7, 11) is 2.00. The number of thioether (sulfide) groups is 1. The predicted molar refractivity (Wildman–Crippen MR) is 82.5 cm³/mol. The van der Waals surface area contributed by atoms with E-state index in [1.54, 1.807) is 0 Å². The number of hydrogen-bond donors (Lipinski definition) is 1. The van der Waals surface area contributed by atoms with E-state index in [0.29, 0.717) is 23.3 Å². The summed E-state index contributed by atoms with van der Waals surface area (Å²) < 4.78 is 0. The van der Waals surface area contributed by atoms with E-state index >= 15 is 0 Å². The third-order valence-electron chi connectivity index (χ3n) is 4.98. The maximum atomic E-state index is 12.6. The van der Waals surface area contributed by atoms with Crippen molar-refractivity contribution in [2.45, 2.75) is 45.6 Å². The summed E-state index contributed by atoms with van der Waals surface area (Å²) in [5, 5.41) is 3.40. The first kappa shape index (κ1) is 15.2. The van der Waals surface area contributed by atoms with Crippen LogP contribution in [-0.2, 0) is 4.79 Å². The van der Waals surface area contributed by atoms with Gasteiger partial charge >= 0.3 is 0 Å². The molecule has 0 aromatic carbocycles. The third kappa shape index (κ3) is 3.46. The first-order valence-corrected chi connectivity index (χ1v) is 8.81. The second-order valence-corrected chi connectivity index (χ2v) is 7.55. The molecule has 1 heterocycles. The summed E-state index contributed by atoms with van der Waals surface area (Å²) in [6, 6.07) is 0.380. The minimum Gasteiger partial charge on any atom is -0.343 e. The molecule has 1 saturated carbocycles. The summed E-state index contributed by atoms with van der Waals surface area (Å²) in [5.41, 5.74) is 0.370. The van der Waals surface area contributed by atoms with Crippen LogP contribution >= 0.6 is 11.8 Å². The van der Waals surface area contributed by atoms with Crippen molar-refractivity contribution in [3.8, 4) is 0 Å². The van der Waals surface area contributed by atoms with Gasteiger partial charge in [-0.3, -0.25) is 4.79 Å². The van der Waals surface area contributed by atoms with E-state index in [-0.39, 0.29) is 0 Å². The van der Waals surface area contributed by atoms with Crippen LogP contribution < -0.4 is 5.32 Å². The highest BCUT2D eigenvalue weighted by Crippen LogP contribution is 2.59. The SMILES string of the molecule is CCSCCC(C)N(C)C(=O)C1CC12CCNCC2. The summed E-state index contributed by atoms with van der Waals surface area (Å²) in [4.78, 5) is 14.6. The Labute approximate surface area is 121 Å². The molecule has 1 saturated heterocycles. The Balaban J connectivity index is 1.79. The van der Waals surface area contributed by atoms with Gasteiger partial charge in [-0.15, -0.1) is 0 Å². The molecule has 2 aliphatic rings. The van der Waals surface area contributed by atoms with Gasteiger partial charge in [0.15, 0.2) is 0 Å². The van der Waals surface area contributed by atoms with Crippen molar-refractivity contribution in [3.63, 3.8) is 0 Å².